The standard InChI is InChI=1S/C36H40FN3O5Si.C31H26FN5O4.C31H27FN2O5/c1-38-34(42)31-29-18-28(24-6-5-7-26(16-24)33(41)40-36-19-22(20-36)21-36)25(12-13-39-35(43)44-14-15-46(2,3)4)17-30(29)45-32(31)23-8-10-27(37)11-9-23;1-34-30(40)27-24-13-23(19-3-2-4-21(11-19)29(39)35-31-14-17(15-31)16-31)20(7-10-26(38)36-37-33)12-25(24)41-28(27)18-5-8-22(32)9-6-18;1-33-30(38)27-24-13-23(19-3-2-4-21(11-19)29(37)34-31-14-17(15-31)16-31)20(7-10-26(35)36)12-25(24)39-28(27)18-5-8-22(32)9-6-18/h5-11,16-18,22H,12-15,19-21H2,1-4H3,(H,38,42)(H,39,43)(H,40,41);2-6,8-9,11-13,17H,7,10,14-16H2,1H3,(H,34,40)(H,35,39);2-6,8-9,11-13,17H,7,10,14-16H2,1H3,(H,33,38)(H,34,37)(H,35,36). The van der Waals surface area contributed by atoms with E-state index in [4.69, 9.17) is 23.5 Å². The molecule has 0 aliphatic heterocycles. The summed E-state index contributed by atoms with van der Waals surface area (Å²) in [6.45, 7) is 7.38. The van der Waals surface area contributed by atoms with E-state index in [9.17, 15) is 61.4 Å². The molecule has 0 unspecified atom stereocenters. The minimum atomic E-state index is -1.33. The summed E-state index contributed by atoms with van der Waals surface area (Å²) < 4.78 is 65.0. The van der Waals surface area contributed by atoms with Crippen LogP contribution in [-0.2, 0) is 33.6 Å². The highest BCUT2D eigenvalue weighted by molar-refractivity contribution is 6.76. The van der Waals surface area contributed by atoms with E-state index in [0.717, 1.165) is 109 Å². The lowest BCUT2D eigenvalue weighted by molar-refractivity contribution is -0.137. The zero-order chi connectivity index (χ0) is 88.7. The zero-order valence-electron chi connectivity index (χ0n) is 70.3. The van der Waals surface area contributed by atoms with Crippen molar-refractivity contribution in [3.05, 3.63) is 260 Å². The van der Waals surface area contributed by atoms with Crippen LogP contribution in [0, 0.1) is 35.2 Å². The van der Waals surface area contributed by atoms with Crippen molar-refractivity contribution in [1.82, 2.24) is 37.2 Å². The first-order chi connectivity index (χ1) is 60.5. The fraction of sp³-hybridized carbons (Fsp3) is 0.296. The summed E-state index contributed by atoms with van der Waals surface area (Å²) >= 11 is 0. The van der Waals surface area contributed by atoms with E-state index in [-0.39, 0.29) is 94.8 Å². The van der Waals surface area contributed by atoms with Gasteiger partial charge in [0.2, 0.25) is 5.91 Å². The number of carbonyl (C=O) groups is 9. The number of aliphatic carboxylic acids is 1. The summed E-state index contributed by atoms with van der Waals surface area (Å²) in [5, 5.41) is 34.6. The number of aryl methyl sites for hydroxylation is 2. The number of alkyl carbamates (subject to hydrolysis) is 1. The van der Waals surface area contributed by atoms with Gasteiger partial charge in [-0.2, -0.15) is 0 Å². The number of azide groups is 1. The van der Waals surface area contributed by atoms with Gasteiger partial charge in [-0.05, 0) is 307 Å². The molecule has 9 fully saturated rings. The number of hydrogen-bond acceptors (Lipinski definition) is 13. The number of carbonyl (C=O) groups excluding carboxylic acids is 8. The SMILES string of the molecule is CNC(=O)c1c(-c2ccc(F)cc2)oc2cc(CCC(=O)N=[N+]=[N-])c(-c3cccc(C(=O)NC45CC(C4)C5)c3)cc12.CNC(=O)c1c(-c2ccc(F)cc2)oc2cc(CCC(=O)O)c(-c3cccc(C(=O)NC45CC(C4)C5)c3)cc12.CNC(=O)c1c(-c2ccc(F)cc2)oc2cc(CCNC(=O)OCC[Si](C)(C)C)c(-c3cccc(C(=O)NC45CC(C4)C5)c3)cc12. The van der Waals surface area contributed by atoms with Crippen molar-refractivity contribution >= 4 is 94.4 Å². The van der Waals surface area contributed by atoms with Crippen LogP contribution >= 0.6 is 0 Å². The lowest BCUT2D eigenvalue weighted by Crippen LogP contribution is -2.68. The van der Waals surface area contributed by atoms with E-state index in [1.165, 1.54) is 62.6 Å². The third kappa shape index (κ3) is 18.0. The average Bonchev–Trinajstić information content (AvgIpc) is 1.20. The van der Waals surface area contributed by atoms with Crippen molar-refractivity contribution in [2.24, 2.45) is 22.9 Å². The molecule has 644 valence electrons. The predicted molar refractivity (Wildman–Crippen MR) is 474 cm³/mol. The molecule has 126 heavy (non-hydrogen) atoms. The number of carboxylic acid groups (broad SMARTS) is 1. The summed E-state index contributed by atoms with van der Waals surface area (Å²) in [5.74, 6) is -1.12. The van der Waals surface area contributed by atoms with Crippen LogP contribution < -0.4 is 37.2 Å². The number of rotatable bonds is 27. The van der Waals surface area contributed by atoms with E-state index in [0.29, 0.717) is 125 Å². The Morgan fingerprint density at radius 2 is 0.770 bits per heavy atom. The summed E-state index contributed by atoms with van der Waals surface area (Å²) in [4.78, 5) is 117. The number of fused-ring (bicyclic) bond motifs is 3. The number of nitrogens with one attached hydrogen (secondary N) is 7. The Morgan fingerprint density at radius 1 is 0.444 bits per heavy atom. The maximum atomic E-state index is 13.8. The Kier molecular flexibility index (Phi) is 23.8. The van der Waals surface area contributed by atoms with E-state index >= 15 is 0 Å². The van der Waals surface area contributed by atoms with Crippen molar-refractivity contribution in [2.45, 2.75) is 132 Å². The van der Waals surface area contributed by atoms with Gasteiger partial charge in [0.05, 0.1) is 23.3 Å². The van der Waals surface area contributed by atoms with Crippen molar-refractivity contribution in [2.75, 3.05) is 34.3 Å². The molecular weight excluding hydrogens is 1630 g/mol. The van der Waals surface area contributed by atoms with Gasteiger partial charge < -0.3 is 60.3 Å². The molecule has 28 heteroatoms. The van der Waals surface area contributed by atoms with Crippen LogP contribution in [0.5, 0.6) is 0 Å². The van der Waals surface area contributed by atoms with Crippen LogP contribution in [0.2, 0.25) is 25.7 Å². The first kappa shape index (κ1) is 85.7. The second-order valence-electron chi connectivity index (χ2n) is 35.2. The molecule has 8 amide bonds. The Labute approximate surface area is 723 Å². The largest absolute Gasteiger partial charge is 0.481 e. The van der Waals surface area contributed by atoms with E-state index in [1.54, 1.807) is 85.9 Å². The average molecular weight is 1720 g/mol. The van der Waals surface area contributed by atoms with Gasteiger partial charge in [-0.1, -0.05) is 56.0 Å². The molecule has 9 saturated carbocycles. The number of carboxylic acids is 1. The molecule has 0 radical (unpaired) electrons. The molecule has 24 nitrogen and oxygen atoms in total. The van der Waals surface area contributed by atoms with Gasteiger partial charge >= 0.3 is 12.1 Å². The van der Waals surface area contributed by atoms with Crippen molar-refractivity contribution in [3.8, 4) is 67.4 Å². The molecule has 0 saturated heterocycles. The molecule has 0 atom stereocenters. The lowest BCUT2D eigenvalue weighted by Gasteiger charge is -2.61. The number of benzene rings is 9. The highest BCUT2D eigenvalue weighted by Gasteiger charge is 2.59. The second-order valence-corrected chi connectivity index (χ2v) is 40.8. The minimum Gasteiger partial charge on any atom is -0.481 e. The van der Waals surface area contributed by atoms with Crippen molar-refractivity contribution in [1.29, 1.82) is 0 Å². The van der Waals surface area contributed by atoms with Gasteiger partial charge in [-0.3, -0.25) is 38.4 Å². The number of nitrogens with zero attached hydrogens (tertiary/aromatic N) is 3. The highest BCUT2D eigenvalue weighted by atomic mass is 28.3. The topological polar surface area (TPSA) is 355 Å². The fourth-order valence-electron chi connectivity index (χ4n) is 18.1. The van der Waals surface area contributed by atoms with Gasteiger partial charge in [0.25, 0.3) is 35.4 Å². The summed E-state index contributed by atoms with van der Waals surface area (Å²) in [6.07, 6.45) is 9.61. The highest BCUT2D eigenvalue weighted by Crippen LogP contribution is 2.59. The zero-order valence-corrected chi connectivity index (χ0v) is 71.3. The second kappa shape index (κ2) is 35.0. The molecule has 8 N–H and O–H groups in total. The van der Waals surface area contributed by atoms with Gasteiger partial charge in [0.15, 0.2) is 0 Å². The first-order valence-corrected chi connectivity index (χ1v) is 45.9. The van der Waals surface area contributed by atoms with Crippen LogP contribution in [0.15, 0.2) is 200 Å². The van der Waals surface area contributed by atoms with Crippen LogP contribution in [0.3, 0.4) is 0 Å². The van der Waals surface area contributed by atoms with E-state index in [2.05, 4.69) is 66.9 Å². The molecule has 12 aromatic rings. The number of halogens is 3. The quantitative estimate of drug-likeness (QED) is 0.0103. The molecule has 21 rings (SSSR count). The summed E-state index contributed by atoms with van der Waals surface area (Å²) in [7, 11) is 3.25. The maximum absolute atomic E-state index is 13.8. The third-order valence-electron chi connectivity index (χ3n) is 25.1. The molecule has 3 aromatic heterocycles. The Bertz CT molecular complexity index is 6390. The smallest absolute Gasteiger partial charge is 0.407 e. The van der Waals surface area contributed by atoms with Crippen molar-refractivity contribution in [3.63, 3.8) is 0 Å². The molecule has 9 aliphatic carbocycles. The summed E-state index contributed by atoms with van der Waals surface area (Å²) in [6, 6.07) is 50.8. The molecule has 3 heterocycles. The van der Waals surface area contributed by atoms with Crippen LogP contribution in [-0.4, -0.2) is 118 Å². The molecule has 9 aliphatic rings. The number of amides is 8. The van der Waals surface area contributed by atoms with E-state index < -0.39 is 43.5 Å². The van der Waals surface area contributed by atoms with Gasteiger partial charge in [0, 0.05) is 120 Å². The van der Waals surface area contributed by atoms with Crippen molar-refractivity contribution < 1.29 is 79.4 Å². The molecule has 6 bridgehead atoms. The molecule has 9 aromatic carbocycles. The number of hydrogen-bond donors (Lipinski definition) is 8. The molecule has 0 spiro atoms. The Balaban J connectivity index is 0.000000140. The maximum Gasteiger partial charge on any atom is 0.407 e. The predicted octanol–water partition coefficient (Wildman–Crippen LogP) is 19.0. The molecular formula is C98H93F3N10O14Si. The number of ether oxygens (including phenoxy) is 1. The Morgan fingerprint density at radius 3 is 1.06 bits per heavy atom. The number of furan rings is 3. The minimum absolute atomic E-state index is 0.0414. The first-order valence-electron chi connectivity index (χ1n) is 42.2. The Hall–Kier alpha value is -13.9. The van der Waals surface area contributed by atoms with Crippen LogP contribution in [0.25, 0.3) is 111 Å². The normalized spacial score (nSPS) is 18.7. The monoisotopic (exact) mass is 1720 g/mol. The van der Waals surface area contributed by atoms with Crippen LogP contribution in [0.1, 0.15) is 149 Å². The van der Waals surface area contributed by atoms with Gasteiger partial charge in [0.1, 0.15) is 51.5 Å². The summed E-state index contributed by atoms with van der Waals surface area (Å²) in [5.41, 5.74) is 20.6. The van der Waals surface area contributed by atoms with Gasteiger partial charge in [-0.25, -0.2) is 18.0 Å². The third-order valence-corrected chi connectivity index (χ3v) is 26.8. The van der Waals surface area contributed by atoms with E-state index in [1.807, 2.05) is 54.6 Å². The van der Waals surface area contributed by atoms with Gasteiger partial charge in [-0.15, -0.1) is 0 Å². The van der Waals surface area contributed by atoms with Crippen LogP contribution in [0.4, 0.5) is 18.0 Å². The lowest BCUT2D eigenvalue weighted by atomic mass is 9.50. The fourth-order valence-corrected chi connectivity index (χ4v) is 18.9.